The van der Waals surface area contributed by atoms with Crippen LogP contribution in [0.4, 0.5) is 0 Å². The van der Waals surface area contributed by atoms with Crippen molar-refractivity contribution < 1.29 is 4.79 Å². The van der Waals surface area contributed by atoms with Crippen LogP contribution in [0, 0.1) is 0 Å². The number of piperidine rings is 1. The van der Waals surface area contributed by atoms with E-state index in [0.29, 0.717) is 15.3 Å². The fourth-order valence-electron chi connectivity index (χ4n) is 2.98. The highest BCUT2D eigenvalue weighted by molar-refractivity contribution is 7.17. The van der Waals surface area contributed by atoms with Gasteiger partial charge < -0.3 is 5.32 Å². The van der Waals surface area contributed by atoms with Crippen LogP contribution < -0.4 is 5.32 Å². The highest BCUT2D eigenvalue weighted by Gasteiger charge is 2.25. The van der Waals surface area contributed by atoms with Crippen LogP contribution in [0.1, 0.15) is 41.0 Å². The number of pyridine rings is 1. The van der Waals surface area contributed by atoms with E-state index in [-0.39, 0.29) is 11.9 Å². The Balaban J connectivity index is 1.51. The Morgan fingerprint density at radius 1 is 1.30 bits per heavy atom. The van der Waals surface area contributed by atoms with Crippen LogP contribution in [0.25, 0.3) is 0 Å². The highest BCUT2D eigenvalue weighted by Crippen LogP contribution is 2.25. The van der Waals surface area contributed by atoms with Gasteiger partial charge in [-0.3, -0.25) is 14.7 Å². The lowest BCUT2D eigenvalue weighted by molar-refractivity contribution is 0.0900. The lowest BCUT2D eigenvalue weighted by atomic mass is 10.0. The van der Waals surface area contributed by atoms with Gasteiger partial charge in [0.05, 0.1) is 9.21 Å². The van der Waals surface area contributed by atoms with Gasteiger partial charge >= 0.3 is 0 Å². The van der Waals surface area contributed by atoms with E-state index in [1.54, 1.807) is 12.1 Å². The minimum absolute atomic E-state index is 0.0115. The first-order valence-electron chi connectivity index (χ1n) is 7.83. The molecule has 23 heavy (non-hydrogen) atoms. The van der Waals surface area contributed by atoms with Gasteiger partial charge in [-0.25, -0.2) is 0 Å². The van der Waals surface area contributed by atoms with Crippen molar-refractivity contribution in [2.45, 2.75) is 31.8 Å². The number of hydrogen-bond donors (Lipinski definition) is 1. The molecule has 1 aliphatic heterocycles. The molecule has 1 N–H and O–H groups in total. The molecular weight excluding hydrogens is 330 g/mol. The van der Waals surface area contributed by atoms with Gasteiger partial charge in [0.2, 0.25) is 0 Å². The molecule has 3 rings (SSSR count). The Kier molecular flexibility index (Phi) is 5.30. The topological polar surface area (TPSA) is 45.2 Å². The van der Waals surface area contributed by atoms with Gasteiger partial charge in [-0.05, 0) is 49.6 Å². The fraction of sp³-hybridized carbons (Fsp3) is 0.412. The summed E-state index contributed by atoms with van der Waals surface area (Å²) < 4.78 is 0.649. The van der Waals surface area contributed by atoms with E-state index in [4.69, 9.17) is 11.6 Å². The van der Waals surface area contributed by atoms with Gasteiger partial charge in [0, 0.05) is 37.6 Å². The quantitative estimate of drug-likeness (QED) is 0.914. The fourth-order valence-corrected chi connectivity index (χ4v) is 3.92. The summed E-state index contributed by atoms with van der Waals surface area (Å²) in [6, 6.07) is 8.30. The smallest absolute Gasteiger partial charge is 0.261 e. The van der Waals surface area contributed by atoms with Gasteiger partial charge in [0.1, 0.15) is 0 Å². The number of rotatable bonds is 4. The monoisotopic (exact) mass is 349 g/mol. The standard InChI is InChI=1S/C17H20ClN3OS/c1-12(13-4-8-19-9-5-13)21-10-6-14(7-11-21)20-17(22)15-2-3-16(18)23-15/h2-5,8-9,12,14H,6-7,10-11H2,1H3,(H,20,22). The maximum Gasteiger partial charge on any atom is 0.261 e. The first kappa shape index (κ1) is 16.4. The zero-order valence-corrected chi connectivity index (χ0v) is 14.6. The van der Waals surface area contributed by atoms with Crippen LogP contribution >= 0.6 is 22.9 Å². The molecule has 1 fully saturated rings. The van der Waals surface area contributed by atoms with Gasteiger partial charge in [-0.2, -0.15) is 0 Å². The Morgan fingerprint density at radius 2 is 2.00 bits per heavy atom. The number of likely N-dealkylation sites (tertiary alicyclic amines) is 1. The molecule has 0 spiro atoms. The van der Waals surface area contributed by atoms with E-state index in [2.05, 4.69) is 34.3 Å². The summed E-state index contributed by atoms with van der Waals surface area (Å²) in [4.78, 5) is 19.4. The molecule has 1 saturated heterocycles. The van der Waals surface area contributed by atoms with Crippen molar-refractivity contribution in [1.82, 2.24) is 15.2 Å². The van der Waals surface area contributed by atoms with E-state index in [1.165, 1.54) is 16.9 Å². The van der Waals surface area contributed by atoms with Crippen LogP contribution in [0.15, 0.2) is 36.7 Å². The Bertz CT molecular complexity index is 653. The Hall–Kier alpha value is -1.43. The normalized spacial score (nSPS) is 17.8. The third kappa shape index (κ3) is 4.10. The van der Waals surface area contributed by atoms with Crippen molar-refractivity contribution in [3.8, 4) is 0 Å². The molecule has 0 saturated carbocycles. The summed E-state index contributed by atoms with van der Waals surface area (Å²) in [7, 11) is 0. The number of nitrogens with one attached hydrogen (secondary N) is 1. The molecule has 122 valence electrons. The zero-order chi connectivity index (χ0) is 16.2. The Morgan fingerprint density at radius 3 is 2.61 bits per heavy atom. The van der Waals surface area contributed by atoms with Crippen LogP contribution in [0.2, 0.25) is 4.34 Å². The van der Waals surface area contributed by atoms with E-state index < -0.39 is 0 Å². The second-order valence-electron chi connectivity index (χ2n) is 5.84. The number of amides is 1. The second-order valence-corrected chi connectivity index (χ2v) is 7.56. The Labute approximate surface area is 145 Å². The van der Waals surface area contributed by atoms with Gasteiger partial charge in [0.15, 0.2) is 0 Å². The van der Waals surface area contributed by atoms with Crippen LogP contribution in [0.5, 0.6) is 0 Å². The molecule has 1 atom stereocenters. The average molecular weight is 350 g/mol. The van der Waals surface area contributed by atoms with Crippen LogP contribution in [-0.2, 0) is 0 Å². The number of hydrogen-bond acceptors (Lipinski definition) is 4. The molecule has 2 aromatic rings. The van der Waals surface area contributed by atoms with Crippen molar-refractivity contribution in [2.24, 2.45) is 0 Å². The number of thiophene rings is 1. The molecule has 0 bridgehead atoms. The molecule has 2 aromatic heterocycles. The summed E-state index contributed by atoms with van der Waals surface area (Å²) >= 11 is 7.21. The summed E-state index contributed by atoms with van der Waals surface area (Å²) in [5.41, 5.74) is 1.29. The molecule has 3 heterocycles. The van der Waals surface area contributed by atoms with Crippen molar-refractivity contribution in [2.75, 3.05) is 13.1 Å². The highest BCUT2D eigenvalue weighted by atomic mass is 35.5. The van der Waals surface area contributed by atoms with Crippen molar-refractivity contribution >= 4 is 28.8 Å². The minimum atomic E-state index is -0.0115. The van der Waals surface area contributed by atoms with Crippen molar-refractivity contribution in [3.05, 3.63) is 51.4 Å². The van der Waals surface area contributed by atoms with E-state index in [9.17, 15) is 4.79 Å². The van der Waals surface area contributed by atoms with Gasteiger partial charge in [-0.1, -0.05) is 11.6 Å². The third-order valence-electron chi connectivity index (χ3n) is 4.40. The first-order chi connectivity index (χ1) is 11.1. The SMILES string of the molecule is CC(c1ccncc1)N1CCC(NC(=O)c2ccc(Cl)s2)CC1. The lowest BCUT2D eigenvalue weighted by Gasteiger charge is -2.36. The predicted octanol–water partition coefficient (Wildman–Crippen LogP) is 3.75. The number of nitrogens with zero attached hydrogens (tertiary/aromatic N) is 2. The van der Waals surface area contributed by atoms with Crippen molar-refractivity contribution in [1.29, 1.82) is 0 Å². The molecule has 1 unspecified atom stereocenters. The average Bonchev–Trinajstić information content (AvgIpc) is 3.02. The zero-order valence-electron chi connectivity index (χ0n) is 13.0. The number of carbonyl (C=O) groups excluding carboxylic acids is 1. The molecule has 1 amide bonds. The van der Waals surface area contributed by atoms with E-state index >= 15 is 0 Å². The first-order valence-corrected chi connectivity index (χ1v) is 9.03. The molecule has 0 aromatic carbocycles. The van der Waals surface area contributed by atoms with Crippen LogP contribution in [0.3, 0.4) is 0 Å². The molecule has 0 aliphatic carbocycles. The van der Waals surface area contributed by atoms with Gasteiger partial charge in [-0.15, -0.1) is 11.3 Å². The molecule has 6 heteroatoms. The summed E-state index contributed by atoms with van der Waals surface area (Å²) in [5, 5.41) is 3.12. The molecule has 1 aliphatic rings. The summed E-state index contributed by atoms with van der Waals surface area (Å²) in [6.45, 7) is 4.20. The summed E-state index contributed by atoms with van der Waals surface area (Å²) in [5.74, 6) is -0.0115. The van der Waals surface area contributed by atoms with Crippen LogP contribution in [-0.4, -0.2) is 34.9 Å². The maximum absolute atomic E-state index is 12.2. The largest absolute Gasteiger partial charge is 0.349 e. The van der Waals surface area contributed by atoms with Crippen molar-refractivity contribution in [3.63, 3.8) is 0 Å². The number of aromatic nitrogens is 1. The second kappa shape index (κ2) is 7.43. The molecule has 0 radical (unpaired) electrons. The molecular formula is C17H20ClN3OS. The number of halogens is 1. The minimum Gasteiger partial charge on any atom is -0.349 e. The third-order valence-corrected chi connectivity index (χ3v) is 5.63. The number of carbonyl (C=O) groups is 1. The predicted molar refractivity (Wildman–Crippen MR) is 94.0 cm³/mol. The van der Waals surface area contributed by atoms with Gasteiger partial charge in [0.25, 0.3) is 5.91 Å². The van der Waals surface area contributed by atoms with E-state index in [1.807, 2.05) is 12.4 Å². The molecule has 4 nitrogen and oxygen atoms in total. The van der Waals surface area contributed by atoms with E-state index in [0.717, 1.165) is 25.9 Å². The lowest BCUT2D eigenvalue weighted by Crippen LogP contribution is -2.45. The summed E-state index contributed by atoms with van der Waals surface area (Å²) in [6.07, 6.45) is 5.62. The maximum atomic E-state index is 12.2.